The third kappa shape index (κ3) is 21.6. The zero-order chi connectivity index (χ0) is 79.6. The first kappa shape index (κ1) is 86.9. The van der Waals surface area contributed by atoms with Gasteiger partial charge in [-0.05, 0) is 139 Å². The number of hydrogen-bond donors (Lipinski definition) is 3. The van der Waals surface area contributed by atoms with Crippen LogP contribution in [0.2, 0.25) is 0 Å². The number of halogens is 10. The monoisotopic (exact) mass is 1540 g/mol. The molecule has 0 aromatic carbocycles. The standard InChI is InChI=1S/C73H110F10N12O12/c1-12-41(2)60-68(105)89(6)40-58(98)90(7)50-21-14-13-17-32-95(67(50)104)54(36-43-24-27-46(28-25-43)72(78,79)80)66(103)88(5)39-56(96)84-49(29-26-44-33-47(74)59(48(75)34-44)73(81,82)83)64(101)92(9)52(37-55(76)77)63(100)86-71(30-18-31-71)70(107)94(11)61(45-19-15-16-20-45)69(106)93(10)53(65(102)87(3)4)38-57(97)91(8)51(62(99)85-60)35-42-22-23-42/h13-14,41-55,59-61H,12,15-40H2,1-11H3,(H,84,96)(H,85,99)(H,86,100)/b14-13-/t41-,43?,44?,46?,47?,48?,49-,50-,51-,52-,53-,54-,59?,60-,61-/m0/s1. The maximum absolute atomic E-state index is 15.4. The SMILES string of the molecule is CC[C@H](C)[C@@H]1NC(=O)[C@H](CC2CC2)N(C)C(=O)C[C@@H](C(=O)N(C)C)N(C)C(=O)[C@H](C2CCCC2)N(C)C(=O)C2(CCC2)NC(=O)[C@H](CC(F)F)N(C)C(=O)[C@H](CCC2CC(F)C(C(F)(F)F)C(F)C2)NC(=O)CN(C)C(=O)[C@H](CC2CCC(C(F)(F)F)CC2)N2CC/C=C\C[C@@H](C2=O)N(C)C(=O)CN(C)C1=O. The smallest absolute Gasteiger partial charge is 0.347 e. The highest BCUT2D eigenvalue weighted by Gasteiger charge is 2.56. The predicted octanol–water partition coefficient (Wildman–Crippen LogP) is 6.58. The lowest BCUT2D eigenvalue weighted by molar-refractivity contribution is -0.219. The van der Waals surface area contributed by atoms with Crippen LogP contribution in [0.4, 0.5) is 43.9 Å². The number of amides is 12. The molecular weight excluding hydrogens is 1430 g/mol. The van der Waals surface area contributed by atoms with Gasteiger partial charge in [0.05, 0.1) is 25.4 Å². The first-order valence-corrected chi connectivity index (χ1v) is 37.6. The summed E-state index contributed by atoms with van der Waals surface area (Å²) >= 11 is 0. The first-order chi connectivity index (χ1) is 50.0. The minimum absolute atomic E-state index is 0.0243. The Balaban J connectivity index is 1.31. The Morgan fingerprint density at radius 3 is 1.72 bits per heavy atom. The molecule has 24 nitrogen and oxygen atoms in total. The van der Waals surface area contributed by atoms with E-state index in [4.69, 9.17) is 0 Å². The van der Waals surface area contributed by atoms with Crippen LogP contribution >= 0.6 is 0 Å². The quantitative estimate of drug-likeness (QED) is 0.130. The van der Waals surface area contributed by atoms with Gasteiger partial charge in [0.1, 0.15) is 72.1 Å². The molecule has 7 rings (SSSR count). The lowest BCUT2D eigenvalue weighted by Crippen LogP contribution is -2.68. The fraction of sp³-hybridized carbons (Fsp3) is 0.808. The van der Waals surface area contributed by atoms with Crippen LogP contribution in [0.1, 0.15) is 168 Å². The number of nitrogens with zero attached hydrogens (tertiary/aromatic N) is 9. The average molecular weight is 1540 g/mol. The zero-order valence-electron chi connectivity index (χ0n) is 63.3. The average Bonchev–Trinajstić information content (AvgIpc) is 1.04. The summed E-state index contributed by atoms with van der Waals surface area (Å²) in [6, 6.07) is -12.6. The minimum atomic E-state index is -5.27. The Morgan fingerprint density at radius 1 is 0.607 bits per heavy atom. The predicted molar refractivity (Wildman–Crippen MR) is 371 cm³/mol. The minimum Gasteiger partial charge on any atom is -0.347 e. The summed E-state index contributed by atoms with van der Waals surface area (Å²) in [6.07, 6.45) is -17.3. The second-order valence-electron chi connectivity index (χ2n) is 31.5. The number of carbonyl (C=O) groups excluding carboxylic acids is 12. The van der Waals surface area contributed by atoms with Crippen molar-refractivity contribution < 1.29 is 101 Å². The molecule has 0 radical (unpaired) electrons. The van der Waals surface area contributed by atoms with Crippen LogP contribution in [0.25, 0.3) is 0 Å². The molecule has 2 bridgehead atoms. The van der Waals surface area contributed by atoms with Gasteiger partial charge in [0, 0.05) is 76.4 Å². The van der Waals surface area contributed by atoms with Gasteiger partial charge < -0.3 is 60.0 Å². The van der Waals surface area contributed by atoms with Crippen LogP contribution in [0.3, 0.4) is 0 Å². The molecular formula is C73H110F10N12O12. The maximum Gasteiger partial charge on any atom is 0.397 e. The van der Waals surface area contributed by atoms with E-state index in [9.17, 15) is 68.7 Å². The molecule has 0 aromatic rings. The third-order valence-electron chi connectivity index (χ3n) is 23.7. The van der Waals surface area contributed by atoms with E-state index in [1.807, 2.05) is 0 Å². The van der Waals surface area contributed by atoms with Gasteiger partial charge in [-0.2, -0.15) is 26.3 Å². The molecule has 5 saturated carbocycles. The van der Waals surface area contributed by atoms with Gasteiger partial charge in [-0.3, -0.25) is 57.5 Å². The first-order valence-electron chi connectivity index (χ1n) is 37.6. The molecule has 2 aliphatic heterocycles. The summed E-state index contributed by atoms with van der Waals surface area (Å²) in [5.74, 6) is -18.6. The molecule has 1 saturated heterocycles. The van der Waals surface area contributed by atoms with E-state index in [-0.39, 0.29) is 83.1 Å². The van der Waals surface area contributed by atoms with E-state index in [0.717, 1.165) is 48.4 Å². The van der Waals surface area contributed by atoms with Crippen molar-refractivity contribution in [2.45, 2.75) is 253 Å². The van der Waals surface area contributed by atoms with Gasteiger partial charge in [-0.15, -0.1) is 0 Å². The number of alkyl halides is 10. The van der Waals surface area contributed by atoms with Gasteiger partial charge in [0.15, 0.2) is 0 Å². The molecule has 2 unspecified atom stereocenters. The Morgan fingerprint density at radius 2 is 1.19 bits per heavy atom. The number of hydrogen-bond acceptors (Lipinski definition) is 12. The molecule has 1 spiro atoms. The molecule has 12 amide bonds. The van der Waals surface area contributed by atoms with Crippen LogP contribution in [-0.4, -0.2) is 283 Å². The van der Waals surface area contributed by atoms with E-state index in [0.29, 0.717) is 49.8 Å². The molecule has 34 heteroatoms. The van der Waals surface area contributed by atoms with Gasteiger partial charge in [-0.1, -0.05) is 58.1 Å². The fourth-order valence-corrected chi connectivity index (χ4v) is 16.4. The Hall–Kier alpha value is -7.32. The van der Waals surface area contributed by atoms with Crippen molar-refractivity contribution in [2.24, 2.45) is 41.4 Å². The number of fused-ring (bicyclic) bond motifs is 2. The maximum atomic E-state index is 15.4. The summed E-state index contributed by atoms with van der Waals surface area (Å²) in [4.78, 5) is 189. The van der Waals surface area contributed by atoms with E-state index >= 15 is 32.8 Å². The van der Waals surface area contributed by atoms with Gasteiger partial charge >= 0.3 is 12.4 Å². The molecule has 604 valence electrons. The number of nitrogens with one attached hydrogen (secondary N) is 3. The largest absolute Gasteiger partial charge is 0.397 e. The van der Waals surface area contributed by atoms with Crippen molar-refractivity contribution >= 4 is 70.9 Å². The highest BCUT2D eigenvalue weighted by atomic mass is 19.4. The number of likely N-dealkylation sites (N-methyl/N-ethyl adjacent to an activating group) is 8. The lowest BCUT2D eigenvalue weighted by atomic mass is 9.74. The molecule has 0 aromatic heterocycles. The molecule has 7 aliphatic rings. The van der Waals surface area contributed by atoms with E-state index in [2.05, 4.69) is 16.0 Å². The van der Waals surface area contributed by atoms with Crippen molar-refractivity contribution in [3.63, 3.8) is 0 Å². The number of carbonyl (C=O) groups is 12. The molecule has 107 heavy (non-hydrogen) atoms. The second kappa shape index (κ2) is 36.9. The van der Waals surface area contributed by atoms with Crippen LogP contribution in [0.5, 0.6) is 0 Å². The molecule has 11 atom stereocenters. The van der Waals surface area contributed by atoms with Crippen LogP contribution in [0.15, 0.2) is 12.2 Å². The van der Waals surface area contributed by atoms with Gasteiger partial charge in [0.2, 0.25) is 77.3 Å². The van der Waals surface area contributed by atoms with Gasteiger partial charge in [0.25, 0.3) is 0 Å². The highest BCUT2D eigenvalue weighted by molar-refractivity contribution is 6.01. The topological polar surface area (TPSA) is 270 Å². The van der Waals surface area contributed by atoms with Crippen molar-refractivity contribution in [1.29, 1.82) is 0 Å². The molecule has 6 fully saturated rings. The second-order valence-corrected chi connectivity index (χ2v) is 31.5. The van der Waals surface area contributed by atoms with Crippen LogP contribution < -0.4 is 16.0 Å². The van der Waals surface area contributed by atoms with Crippen molar-refractivity contribution in [2.75, 3.05) is 83.1 Å². The fourth-order valence-electron chi connectivity index (χ4n) is 16.4. The summed E-state index contributed by atoms with van der Waals surface area (Å²) in [7, 11) is 11.4. The Labute approximate surface area is 619 Å². The highest BCUT2D eigenvalue weighted by Crippen LogP contribution is 2.46. The van der Waals surface area contributed by atoms with Crippen molar-refractivity contribution in [1.82, 2.24) is 60.0 Å². The Kier molecular flexibility index (Phi) is 30.0. The third-order valence-corrected chi connectivity index (χ3v) is 23.7. The van der Waals surface area contributed by atoms with E-state index < -0.39 is 243 Å². The molecule has 3 N–H and O–H groups in total. The van der Waals surface area contributed by atoms with Crippen LogP contribution in [-0.2, 0) is 57.5 Å². The summed E-state index contributed by atoms with van der Waals surface area (Å²) in [5, 5.41) is 7.88. The van der Waals surface area contributed by atoms with E-state index in [1.165, 1.54) is 54.2 Å². The normalized spacial score (nSPS) is 31.7. The lowest BCUT2D eigenvalue weighted by Gasteiger charge is -2.47. The van der Waals surface area contributed by atoms with E-state index in [1.54, 1.807) is 26.0 Å². The van der Waals surface area contributed by atoms with Crippen molar-refractivity contribution in [3.05, 3.63) is 12.2 Å². The van der Waals surface area contributed by atoms with Gasteiger partial charge in [-0.25, -0.2) is 17.6 Å². The summed E-state index contributed by atoms with van der Waals surface area (Å²) in [6.45, 7) is 1.59. The summed E-state index contributed by atoms with van der Waals surface area (Å²) < 4.78 is 145. The molecule has 5 aliphatic carbocycles. The van der Waals surface area contributed by atoms with Crippen molar-refractivity contribution in [3.8, 4) is 0 Å². The number of rotatable bonds is 13. The Bertz CT molecular complexity index is 3210. The zero-order valence-corrected chi connectivity index (χ0v) is 63.3. The molecule has 2 heterocycles. The summed E-state index contributed by atoms with van der Waals surface area (Å²) in [5.41, 5.74) is -1.92. The van der Waals surface area contributed by atoms with Crippen LogP contribution in [0, 0.1) is 41.4 Å².